The molecule has 2 aromatic heterocycles. The largest absolute Gasteiger partial charge is 0.489 e. The average molecular weight is 454 g/mol. The number of carbonyl (C=O) groups is 1. The second kappa shape index (κ2) is 10.3. The number of hydrogen-bond donors (Lipinski definition) is 1. The lowest BCUT2D eigenvalue weighted by molar-refractivity contribution is 0.0914. The Labute approximate surface area is 193 Å². The number of nitrogens with zero attached hydrogens (tertiary/aromatic N) is 2. The number of aryl methyl sites for hydroxylation is 2. The lowest BCUT2D eigenvalue weighted by Gasteiger charge is -2.36. The summed E-state index contributed by atoms with van der Waals surface area (Å²) in [6.45, 7) is 9.19. The molecule has 6 nitrogen and oxygen atoms in total. The van der Waals surface area contributed by atoms with Crippen LogP contribution in [0.25, 0.3) is 0 Å². The summed E-state index contributed by atoms with van der Waals surface area (Å²) in [5.74, 6) is 2.10. The van der Waals surface area contributed by atoms with Gasteiger partial charge in [0.1, 0.15) is 18.1 Å². The first kappa shape index (κ1) is 22.6. The maximum Gasteiger partial charge on any atom is 0.251 e. The summed E-state index contributed by atoms with van der Waals surface area (Å²) in [6.07, 6.45) is 2.42. The van der Waals surface area contributed by atoms with Crippen molar-refractivity contribution in [3.05, 3.63) is 69.2 Å². The molecule has 0 bridgehead atoms. The molecule has 1 N–H and O–H groups in total. The first-order valence-corrected chi connectivity index (χ1v) is 12.1. The summed E-state index contributed by atoms with van der Waals surface area (Å²) < 4.78 is 11.1. The monoisotopic (exact) mass is 453 g/mol. The van der Waals surface area contributed by atoms with E-state index >= 15 is 0 Å². The summed E-state index contributed by atoms with van der Waals surface area (Å²) in [4.78, 5) is 16.8. The SMILES string of the molecule is Cc1noc(C)c1COc1cccc(C(=O)NCC(c2cccs2)N2CCC(C)CC2)c1. The van der Waals surface area contributed by atoms with Crippen molar-refractivity contribution in [1.82, 2.24) is 15.4 Å². The van der Waals surface area contributed by atoms with Crippen molar-refractivity contribution in [2.45, 2.75) is 46.3 Å². The van der Waals surface area contributed by atoms with Gasteiger partial charge in [-0.1, -0.05) is 24.2 Å². The van der Waals surface area contributed by atoms with Gasteiger partial charge in [-0.3, -0.25) is 9.69 Å². The van der Waals surface area contributed by atoms with Gasteiger partial charge >= 0.3 is 0 Å². The Hall–Kier alpha value is -2.64. The van der Waals surface area contributed by atoms with Gasteiger partial charge in [-0.15, -0.1) is 11.3 Å². The molecule has 170 valence electrons. The molecule has 3 aromatic rings. The number of likely N-dealkylation sites (tertiary alicyclic amines) is 1. The van der Waals surface area contributed by atoms with Crippen molar-refractivity contribution in [3.63, 3.8) is 0 Å². The molecular weight excluding hydrogens is 422 g/mol. The van der Waals surface area contributed by atoms with Crippen molar-refractivity contribution >= 4 is 17.2 Å². The van der Waals surface area contributed by atoms with Gasteiger partial charge < -0.3 is 14.6 Å². The van der Waals surface area contributed by atoms with Crippen LogP contribution in [0, 0.1) is 19.8 Å². The Balaban J connectivity index is 1.38. The van der Waals surface area contributed by atoms with Crippen molar-refractivity contribution in [2.75, 3.05) is 19.6 Å². The van der Waals surface area contributed by atoms with Gasteiger partial charge in [-0.2, -0.15) is 0 Å². The normalized spacial score (nSPS) is 16.1. The highest BCUT2D eigenvalue weighted by molar-refractivity contribution is 7.10. The van der Waals surface area contributed by atoms with E-state index < -0.39 is 0 Å². The number of carbonyl (C=O) groups excluding carboxylic acids is 1. The number of nitrogens with one attached hydrogen (secondary N) is 1. The quantitative estimate of drug-likeness (QED) is 0.512. The number of rotatable bonds is 8. The van der Waals surface area contributed by atoms with Crippen LogP contribution >= 0.6 is 11.3 Å². The van der Waals surface area contributed by atoms with Crippen LogP contribution in [-0.4, -0.2) is 35.6 Å². The molecule has 1 fully saturated rings. The Kier molecular flexibility index (Phi) is 7.27. The van der Waals surface area contributed by atoms with Crippen LogP contribution in [0.2, 0.25) is 0 Å². The summed E-state index contributed by atoms with van der Waals surface area (Å²) in [5, 5.41) is 9.22. The van der Waals surface area contributed by atoms with Crippen LogP contribution in [0.5, 0.6) is 5.75 Å². The van der Waals surface area contributed by atoms with Gasteiger partial charge in [0, 0.05) is 17.0 Å². The minimum absolute atomic E-state index is 0.0836. The average Bonchev–Trinajstić information content (AvgIpc) is 3.44. The van der Waals surface area contributed by atoms with Crippen LogP contribution in [-0.2, 0) is 6.61 Å². The number of piperidine rings is 1. The van der Waals surface area contributed by atoms with E-state index in [0.717, 1.165) is 36.0 Å². The van der Waals surface area contributed by atoms with E-state index in [9.17, 15) is 4.79 Å². The molecule has 32 heavy (non-hydrogen) atoms. The second-order valence-electron chi connectivity index (χ2n) is 8.58. The summed E-state index contributed by atoms with van der Waals surface area (Å²) in [5.41, 5.74) is 2.36. The fourth-order valence-corrected chi connectivity index (χ4v) is 4.97. The van der Waals surface area contributed by atoms with E-state index in [1.807, 2.05) is 32.0 Å². The predicted octanol–water partition coefficient (Wildman–Crippen LogP) is 5.13. The second-order valence-corrected chi connectivity index (χ2v) is 9.56. The molecule has 1 aliphatic rings. The maximum absolute atomic E-state index is 12.9. The third-order valence-electron chi connectivity index (χ3n) is 6.25. The van der Waals surface area contributed by atoms with Crippen LogP contribution in [0.4, 0.5) is 0 Å². The van der Waals surface area contributed by atoms with Crippen LogP contribution < -0.4 is 10.1 Å². The van der Waals surface area contributed by atoms with E-state index in [4.69, 9.17) is 9.26 Å². The van der Waals surface area contributed by atoms with Crippen LogP contribution in [0.1, 0.15) is 58.1 Å². The molecule has 7 heteroatoms. The van der Waals surface area contributed by atoms with Gasteiger partial charge in [0.25, 0.3) is 5.91 Å². The zero-order valence-corrected chi connectivity index (χ0v) is 19.8. The Morgan fingerprint density at radius 2 is 2.09 bits per heavy atom. The highest BCUT2D eigenvalue weighted by atomic mass is 32.1. The molecule has 0 radical (unpaired) electrons. The molecule has 0 aliphatic carbocycles. The molecule has 1 saturated heterocycles. The minimum atomic E-state index is -0.0836. The summed E-state index contributed by atoms with van der Waals surface area (Å²) in [7, 11) is 0. The number of hydrogen-bond acceptors (Lipinski definition) is 6. The minimum Gasteiger partial charge on any atom is -0.489 e. The lowest BCUT2D eigenvalue weighted by atomic mass is 9.97. The molecule has 1 aliphatic heterocycles. The van der Waals surface area contributed by atoms with Gasteiger partial charge in [-0.05, 0) is 75.3 Å². The van der Waals surface area contributed by atoms with Gasteiger partial charge in [-0.25, -0.2) is 0 Å². The molecule has 3 heterocycles. The third-order valence-corrected chi connectivity index (χ3v) is 7.22. The van der Waals surface area contributed by atoms with Gasteiger partial charge in [0.05, 0.1) is 17.3 Å². The summed E-state index contributed by atoms with van der Waals surface area (Å²) >= 11 is 1.76. The third kappa shape index (κ3) is 5.40. The number of ether oxygens (including phenoxy) is 1. The van der Waals surface area contributed by atoms with Gasteiger partial charge in [0.2, 0.25) is 0 Å². The fraction of sp³-hybridized carbons (Fsp3) is 0.440. The molecule has 0 saturated carbocycles. The highest BCUT2D eigenvalue weighted by Crippen LogP contribution is 2.29. The fourth-order valence-electron chi connectivity index (χ4n) is 4.11. The predicted molar refractivity (Wildman–Crippen MR) is 126 cm³/mol. The number of aromatic nitrogens is 1. The number of benzene rings is 1. The molecule has 0 spiro atoms. The first-order valence-electron chi connectivity index (χ1n) is 11.2. The van der Waals surface area contributed by atoms with E-state index in [1.54, 1.807) is 17.4 Å². The van der Waals surface area contributed by atoms with Crippen molar-refractivity contribution in [1.29, 1.82) is 0 Å². The zero-order valence-electron chi connectivity index (χ0n) is 19.0. The molecule has 1 atom stereocenters. The van der Waals surface area contributed by atoms with E-state index in [1.165, 1.54) is 17.7 Å². The molecule has 1 aromatic carbocycles. The van der Waals surface area contributed by atoms with Gasteiger partial charge in [0.15, 0.2) is 0 Å². The summed E-state index contributed by atoms with van der Waals surface area (Å²) in [6, 6.07) is 11.8. The molecule has 1 amide bonds. The standard InChI is InChI=1S/C25H31N3O3S/c1-17-9-11-28(12-10-17)23(24-8-5-13-32-24)15-26-25(29)20-6-4-7-21(14-20)30-16-22-18(2)27-31-19(22)3/h4-8,13-14,17,23H,9-12,15-16H2,1-3H3,(H,26,29). The highest BCUT2D eigenvalue weighted by Gasteiger charge is 2.26. The maximum atomic E-state index is 12.9. The lowest BCUT2D eigenvalue weighted by Crippen LogP contribution is -2.41. The number of thiophene rings is 1. The van der Waals surface area contributed by atoms with Crippen molar-refractivity contribution in [3.8, 4) is 5.75 Å². The Morgan fingerprint density at radius 1 is 1.28 bits per heavy atom. The van der Waals surface area contributed by atoms with Crippen molar-refractivity contribution < 1.29 is 14.1 Å². The first-order chi connectivity index (χ1) is 15.5. The van der Waals surface area contributed by atoms with Crippen LogP contribution in [0.15, 0.2) is 46.3 Å². The molecule has 4 rings (SSSR count). The molecule has 1 unspecified atom stereocenters. The van der Waals surface area contributed by atoms with E-state index in [0.29, 0.717) is 24.5 Å². The Bertz CT molecular complexity index is 1000. The van der Waals surface area contributed by atoms with E-state index in [-0.39, 0.29) is 11.9 Å². The number of amides is 1. The smallest absolute Gasteiger partial charge is 0.251 e. The van der Waals surface area contributed by atoms with Crippen LogP contribution in [0.3, 0.4) is 0 Å². The molecular formula is C25H31N3O3S. The Morgan fingerprint density at radius 3 is 2.78 bits per heavy atom. The zero-order chi connectivity index (χ0) is 22.5. The van der Waals surface area contributed by atoms with Crippen molar-refractivity contribution in [2.24, 2.45) is 5.92 Å². The topological polar surface area (TPSA) is 67.6 Å². The van der Waals surface area contributed by atoms with E-state index in [2.05, 4.69) is 39.8 Å².